The molecule has 1 aromatic carbocycles. The Morgan fingerprint density at radius 1 is 1.27 bits per heavy atom. The molecule has 5 nitrogen and oxygen atoms in total. The van der Waals surface area contributed by atoms with Gasteiger partial charge < -0.3 is 20.1 Å². The lowest BCUT2D eigenvalue weighted by molar-refractivity contribution is 0.294. The third kappa shape index (κ3) is 6.31. The van der Waals surface area contributed by atoms with Gasteiger partial charge in [-0.2, -0.15) is 11.8 Å². The summed E-state index contributed by atoms with van der Waals surface area (Å²) in [5, 5.41) is 7.72. The fourth-order valence-corrected chi connectivity index (χ4v) is 3.91. The highest BCUT2D eigenvalue weighted by Gasteiger charge is 2.24. The van der Waals surface area contributed by atoms with Crippen LogP contribution in [0, 0.1) is 0 Å². The molecule has 1 fully saturated rings. The summed E-state index contributed by atoms with van der Waals surface area (Å²) in [4.78, 5) is 4.76. The smallest absolute Gasteiger partial charge is 0.191 e. The molecule has 26 heavy (non-hydrogen) atoms. The average Bonchev–Trinajstić information content (AvgIpc) is 3.12. The summed E-state index contributed by atoms with van der Waals surface area (Å²) in [7, 11) is 1.68. The second-order valence-corrected chi connectivity index (χ2v) is 7.68. The van der Waals surface area contributed by atoms with Gasteiger partial charge in [-0.05, 0) is 56.6 Å². The Labute approximate surface area is 162 Å². The molecule has 2 N–H and O–H groups in total. The molecule has 0 aliphatic heterocycles. The van der Waals surface area contributed by atoms with Crippen LogP contribution in [0.4, 0.5) is 0 Å². The number of hydrogen-bond acceptors (Lipinski definition) is 4. The first-order valence-corrected chi connectivity index (χ1v) is 10.9. The predicted octanol–water partition coefficient (Wildman–Crippen LogP) is 3.82. The van der Waals surface area contributed by atoms with Crippen molar-refractivity contribution < 1.29 is 9.47 Å². The second-order valence-electron chi connectivity index (χ2n) is 6.54. The molecule has 0 aromatic heterocycles. The van der Waals surface area contributed by atoms with Gasteiger partial charge in [-0.15, -0.1) is 0 Å². The van der Waals surface area contributed by atoms with Crippen molar-refractivity contribution in [3.8, 4) is 11.5 Å². The molecule has 0 radical (unpaired) electrons. The van der Waals surface area contributed by atoms with Crippen LogP contribution < -0.4 is 20.1 Å². The largest absolute Gasteiger partial charge is 0.493 e. The van der Waals surface area contributed by atoms with Crippen LogP contribution in [0.15, 0.2) is 23.2 Å². The normalized spacial score (nSPS) is 20.1. The average molecular weight is 380 g/mol. The van der Waals surface area contributed by atoms with Crippen LogP contribution in [0.3, 0.4) is 0 Å². The van der Waals surface area contributed by atoms with E-state index in [-0.39, 0.29) is 0 Å². The van der Waals surface area contributed by atoms with E-state index in [0.29, 0.717) is 19.2 Å². The van der Waals surface area contributed by atoms with E-state index >= 15 is 0 Å². The summed E-state index contributed by atoms with van der Waals surface area (Å²) in [6, 6.07) is 6.56. The van der Waals surface area contributed by atoms with Gasteiger partial charge in [0.25, 0.3) is 0 Å². The minimum Gasteiger partial charge on any atom is -0.493 e. The highest BCUT2D eigenvalue weighted by atomic mass is 32.2. The molecule has 1 aromatic rings. The van der Waals surface area contributed by atoms with E-state index in [4.69, 9.17) is 14.5 Å². The predicted molar refractivity (Wildman–Crippen MR) is 112 cm³/mol. The number of nitrogens with zero attached hydrogens (tertiary/aromatic N) is 1. The molecule has 2 rings (SSSR count). The van der Waals surface area contributed by atoms with E-state index < -0.39 is 0 Å². The van der Waals surface area contributed by atoms with Crippen molar-refractivity contribution in [2.45, 2.75) is 57.4 Å². The molecule has 0 heterocycles. The van der Waals surface area contributed by atoms with Crippen LogP contribution in [0.25, 0.3) is 0 Å². The number of nitrogens with one attached hydrogen (secondary N) is 2. The Kier molecular flexibility index (Phi) is 8.95. The van der Waals surface area contributed by atoms with Gasteiger partial charge in [0.15, 0.2) is 17.5 Å². The fourth-order valence-electron chi connectivity index (χ4n) is 3.11. The Hall–Kier alpha value is -1.56. The number of thioether (sulfide) groups is 1. The molecule has 1 saturated carbocycles. The summed E-state index contributed by atoms with van der Waals surface area (Å²) in [5.74, 6) is 2.45. The first-order valence-electron chi connectivity index (χ1n) is 9.57. The summed E-state index contributed by atoms with van der Waals surface area (Å²) in [6.45, 7) is 6.35. The van der Waals surface area contributed by atoms with E-state index in [1.54, 1.807) is 7.11 Å². The molecule has 2 unspecified atom stereocenters. The SMILES string of the molecule is CCCOc1ccc(CN=C(NCC)NC2CCC(SC)C2)cc1OC. The number of aliphatic imine (C=N–C) groups is 1. The number of ether oxygens (including phenoxy) is 2. The molecule has 0 saturated heterocycles. The van der Waals surface area contributed by atoms with Gasteiger partial charge >= 0.3 is 0 Å². The van der Waals surface area contributed by atoms with Crippen LogP contribution in [-0.4, -0.2) is 43.8 Å². The third-order valence-electron chi connectivity index (χ3n) is 4.51. The van der Waals surface area contributed by atoms with E-state index in [2.05, 4.69) is 36.8 Å². The van der Waals surface area contributed by atoms with Gasteiger partial charge in [0, 0.05) is 17.8 Å². The minimum atomic E-state index is 0.518. The van der Waals surface area contributed by atoms with Gasteiger partial charge in [0.2, 0.25) is 0 Å². The molecular weight excluding hydrogens is 346 g/mol. The van der Waals surface area contributed by atoms with Crippen molar-refractivity contribution in [1.29, 1.82) is 0 Å². The standard InChI is InChI=1S/C20H33N3O2S/c1-5-11-25-18-10-7-15(12-19(18)24-3)14-22-20(21-6-2)23-16-8-9-17(13-16)26-4/h7,10,12,16-17H,5-6,8-9,11,13-14H2,1-4H3,(H2,21,22,23). The van der Waals surface area contributed by atoms with Gasteiger partial charge in [-0.3, -0.25) is 0 Å². The highest BCUT2D eigenvalue weighted by molar-refractivity contribution is 7.99. The van der Waals surface area contributed by atoms with Crippen LogP contribution in [0.2, 0.25) is 0 Å². The van der Waals surface area contributed by atoms with Gasteiger partial charge in [0.1, 0.15) is 0 Å². The first kappa shape index (κ1) is 20.7. The van der Waals surface area contributed by atoms with Crippen molar-refractivity contribution in [1.82, 2.24) is 10.6 Å². The molecule has 1 aliphatic rings. The van der Waals surface area contributed by atoms with Crippen molar-refractivity contribution in [2.75, 3.05) is 26.5 Å². The van der Waals surface area contributed by atoms with Crippen molar-refractivity contribution in [3.05, 3.63) is 23.8 Å². The summed E-state index contributed by atoms with van der Waals surface area (Å²) >= 11 is 1.97. The quantitative estimate of drug-likeness (QED) is 0.505. The topological polar surface area (TPSA) is 54.9 Å². The van der Waals surface area contributed by atoms with Crippen molar-refractivity contribution in [2.24, 2.45) is 4.99 Å². The zero-order valence-corrected chi connectivity index (χ0v) is 17.3. The Morgan fingerprint density at radius 3 is 2.77 bits per heavy atom. The number of benzene rings is 1. The Morgan fingerprint density at radius 2 is 2.12 bits per heavy atom. The number of hydrogen-bond donors (Lipinski definition) is 2. The lowest BCUT2D eigenvalue weighted by Crippen LogP contribution is -2.42. The molecule has 6 heteroatoms. The van der Waals surface area contributed by atoms with Gasteiger partial charge in [0.05, 0.1) is 20.3 Å². The van der Waals surface area contributed by atoms with E-state index in [9.17, 15) is 0 Å². The van der Waals surface area contributed by atoms with Gasteiger partial charge in [-0.1, -0.05) is 13.0 Å². The molecular formula is C20H33N3O2S. The van der Waals surface area contributed by atoms with Crippen LogP contribution in [0.1, 0.15) is 45.1 Å². The summed E-state index contributed by atoms with van der Waals surface area (Å²) in [5.41, 5.74) is 1.11. The maximum absolute atomic E-state index is 5.72. The minimum absolute atomic E-state index is 0.518. The zero-order valence-electron chi connectivity index (χ0n) is 16.5. The van der Waals surface area contributed by atoms with Crippen molar-refractivity contribution in [3.63, 3.8) is 0 Å². The molecule has 0 amide bonds. The van der Waals surface area contributed by atoms with Crippen LogP contribution >= 0.6 is 11.8 Å². The van der Waals surface area contributed by atoms with Gasteiger partial charge in [-0.25, -0.2) is 4.99 Å². The molecule has 0 spiro atoms. The fraction of sp³-hybridized carbons (Fsp3) is 0.650. The Bertz CT molecular complexity index is 580. The number of methoxy groups -OCH3 is 1. The lowest BCUT2D eigenvalue weighted by atomic mass is 10.2. The highest BCUT2D eigenvalue weighted by Crippen LogP contribution is 2.29. The maximum atomic E-state index is 5.72. The summed E-state index contributed by atoms with van der Waals surface area (Å²) < 4.78 is 11.2. The lowest BCUT2D eigenvalue weighted by Gasteiger charge is -2.17. The summed E-state index contributed by atoms with van der Waals surface area (Å²) in [6.07, 6.45) is 6.89. The second kappa shape index (κ2) is 11.2. The third-order valence-corrected chi connectivity index (χ3v) is 5.61. The molecule has 1 aliphatic carbocycles. The number of guanidine groups is 1. The monoisotopic (exact) mass is 379 g/mol. The Balaban J connectivity index is 1.99. The molecule has 2 atom stereocenters. The van der Waals surface area contributed by atoms with Crippen LogP contribution in [-0.2, 0) is 6.54 Å². The van der Waals surface area contributed by atoms with Crippen molar-refractivity contribution >= 4 is 17.7 Å². The zero-order chi connectivity index (χ0) is 18.8. The maximum Gasteiger partial charge on any atom is 0.191 e. The van der Waals surface area contributed by atoms with E-state index in [0.717, 1.165) is 41.2 Å². The van der Waals surface area contributed by atoms with E-state index in [1.165, 1.54) is 19.3 Å². The molecule has 146 valence electrons. The van der Waals surface area contributed by atoms with E-state index in [1.807, 2.05) is 23.9 Å². The molecule has 0 bridgehead atoms. The first-order chi connectivity index (χ1) is 12.7. The number of rotatable bonds is 9. The van der Waals surface area contributed by atoms with Crippen LogP contribution in [0.5, 0.6) is 11.5 Å².